The van der Waals surface area contributed by atoms with Crippen LogP contribution >= 0.6 is 0 Å². The fourth-order valence-electron chi connectivity index (χ4n) is 2.57. The van der Waals surface area contributed by atoms with Gasteiger partial charge in [0.25, 0.3) is 0 Å². The summed E-state index contributed by atoms with van der Waals surface area (Å²) in [6.07, 6.45) is 0.544. The smallest absolute Gasteiger partial charge is 0.122 e. The lowest BCUT2D eigenvalue weighted by Crippen LogP contribution is -1.95. The minimum absolute atomic E-state index is 0.323. The summed E-state index contributed by atoms with van der Waals surface area (Å²) in [6, 6.07) is 7.86. The van der Waals surface area contributed by atoms with Crippen molar-refractivity contribution in [3.8, 4) is 11.5 Å². The number of aromatic hydroxyl groups is 2. The molecule has 0 radical (unpaired) electrons. The Hall–Kier alpha value is -1.96. The van der Waals surface area contributed by atoms with Crippen LogP contribution in [0.3, 0.4) is 0 Å². The SMILES string of the molecule is Cc1cc(C)c(O)c(Cc2cc(C)cc(C)c2O)c1. The van der Waals surface area contributed by atoms with Crippen molar-refractivity contribution in [3.63, 3.8) is 0 Å². The molecule has 0 fully saturated rings. The normalized spacial score (nSPS) is 10.7. The summed E-state index contributed by atoms with van der Waals surface area (Å²) in [5, 5.41) is 20.3. The molecule has 19 heavy (non-hydrogen) atoms. The number of benzene rings is 2. The number of hydrogen-bond acceptors (Lipinski definition) is 2. The Kier molecular flexibility index (Phi) is 3.52. The van der Waals surface area contributed by atoms with Crippen molar-refractivity contribution in [2.45, 2.75) is 34.1 Å². The van der Waals surface area contributed by atoms with Crippen LogP contribution in [0.5, 0.6) is 11.5 Å². The first-order valence-corrected chi connectivity index (χ1v) is 6.46. The van der Waals surface area contributed by atoms with Crippen LogP contribution in [0.4, 0.5) is 0 Å². The van der Waals surface area contributed by atoms with Crippen molar-refractivity contribution < 1.29 is 10.2 Å². The maximum atomic E-state index is 10.1. The first kappa shape index (κ1) is 13.5. The molecule has 2 aromatic rings. The second kappa shape index (κ2) is 4.96. The van der Waals surface area contributed by atoms with Gasteiger partial charge in [-0.05, 0) is 49.9 Å². The molecule has 0 saturated carbocycles. The van der Waals surface area contributed by atoms with Crippen LogP contribution in [-0.2, 0) is 6.42 Å². The topological polar surface area (TPSA) is 40.5 Å². The zero-order valence-corrected chi connectivity index (χ0v) is 11.9. The molecule has 0 aliphatic carbocycles. The molecule has 2 nitrogen and oxygen atoms in total. The molecule has 2 aromatic carbocycles. The van der Waals surface area contributed by atoms with Crippen LogP contribution in [0.25, 0.3) is 0 Å². The predicted molar refractivity (Wildman–Crippen MR) is 78.0 cm³/mol. The fourth-order valence-corrected chi connectivity index (χ4v) is 2.57. The molecule has 2 heteroatoms. The van der Waals surface area contributed by atoms with Gasteiger partial charge in [0, 0.05) is 6.42 Å². The van der Waals surface area contributed by atoms with Crippen molar-refractivity contribution in [2.75, 3.05) is 0 Å². The third-order valence-corrected chi connectivity index (χ3v) is 3.43. The van der Waals surface area contributed by atoms with Crippen LogP contribution in [0.2, 0.25) is 0 Å². The van der Waals surface area contributed by atoms with E-state index in [-0.39, 0.29) is 0 Å². The minimum Gasteiger partial charge on any atom is -0.507 e. The molecule has 0 amide bonds. The zero-order chi connectivity index (χ0) is 14.2. The van der Waals surface area contributed by atoms with Crippen LogP contribution < -0.4 is 0 Å². The summed E-state index contributed by atoms with van der Waals surface area (Å²) in [6.45, 7) is 7.81. The highest BCUT2D eigenvalue weighted by molar-refractivity contribution is 5.49. The molecule has 0 heterocycles. The van der Waals surface area contributed by atoms with Gasteiger partial charge in [0.1, 0.15) is 11.5 Å². The highest BCUT2D eigenvalue weighted by Gasteiger charge is 2.11. The van der Waals surface area contributed by atoms with Gasteiger partial charge < -0.3 is 10.2 Å². The number of phenolic OH excluding ortho intramolecular Hbond substituents is 2. The van der Waals surface area contributed by atoms with Gasteiger partial charge in [0.2, 0.25) is 0 Å². The van der Waals surface area contributed by atoms with Gasteiger partial charge in [-0.2, -0.15) is 0 Å². The molecule has 0 aliphatic rings. The lowest BCUT2D eigenvalue weighted by atomic mass is 9.96. The molecule has 2 rings (SSSR count). The van der Waals surface area contributed by atoms with Gasteiger partial charge in [-0.25, -0.2) is 0 Å². The van der Waals surface area contributed by atoms with E-state index >= 15 is 0 Å². The number of rotatable bonds is 2. The molecule has 0 atom stereocenters. The van der Waals surface area contributed by atoms with E-state index in [9.17, 15) is 10.2 Å². The second-order valence-electron chi connectivity index (χ2n) is 5.36. The fraction of sp³-hybridized carbons (Fsp3) is 0.294. The highest BCUT2D eigenvalue weighted by atomic mass is 16.3. The highest BCUT2D eigenvalue weighted by Crippen LogP contribution is 2.31. The third kappa shape index (κ3) is 2.73. The van der Waals surface area contributed by atoms with Crippen molar-refractivity contribution in [1.82, 2.24) is 0 Å². The molecule has 0 saturated heterocycles. The zero-order valence-electron chi connectivity index (χ0n) is 11.9. The van der Waals surface area contributed by atoms with Gasteiger partial charge in [0.15, 0.2) is 0 Å². The standard InChI is InChI=1S/C17H20O2/c1-10-5-12(3)16(18)14(7-10)9-15-8-11(2)6-13(4)17(15)19/h5-8,18-19H,9H2,1-4H3. The van der Waals surface area contributed by atoms with Gasteiger partial charge in [-0.1, -0.05) is 35.4 Å². The van der Waals surface area contributed by atoms with Gasteiger partial charge in [-0.15, -0.1) is 0 Å². The van der Waals surface area contributed by atoms with Crippen molar-refractivity contribution in [3.05, 3.63) is 57.6 Å². The van der Waals surface area contributed by atoms with Crippen LogP contribution in [0.15, 0.2) is 24.3 Å². The lowest BCUT2D eigenvalue weighted by molar-refractivity contribution is 0.458. The van der Waals surface area contributed by atoms with Crippen molar-refractivity contribution >= 4 is 0 Å². The average molecular weight is 256 g/mol. The molecule has 100 valence electrons. The summed E-state index contributed by atoms with van der Waals surface area (Å²) >= 11 is 0. The summed E-state index contributed by atoms with van der Waals surface area (Å²) in [7, 11) is 0. The molecule has 0 aromatic heterocycles. The molecule has 0 bridgehead atoms. The van der Waals surface area contributed by atoms with Crippen LogP contribution in [0, 0.1) is 27.7 Å². The Morgan fingerprint density at radius 3 is 1.42 bits per heavy atom. The van der Waals surface area contributed by atoms with E-state index in [1.807, 2.05) is 52.0 Å². The van der Waals surface area contributed by atoms with Crippen molar-refractivity contribution in [1.29, 1.82) is 0 Å². The van der Waals surface area contributed by atoms with Gasteiger partial charge in [-0.3, -0.25) is 0 Å². The van der Waals surface area contributed by atoms with Crippen LogP contribution in [-0.4, -0.2) is 10.2 Å². The van der Waals surface area contributed by atoms with E-state index in [4.69, 9.17) is 0 Å². The van der Waals surface area contributed by atoms with Crippen LogP contribution in [0.1, 0.15) is 33.4 Å². The Bertz CT molecular complexity index is 572. The van der Waals surface area contributed by atoms with E-state index < -0.39 is 0 Å². The number of phenols is 2. The average Bonchev–Trinajstić information content (AvgIpc) is 2.31. The molecule has 0 spiro atoms. The molecule has 2 N–H and O–H groups in total. The largest absolute Gasteiger partial charge is 0.507 e. The number of hydrogen-bond donors (Lipinski definition) is 2. The molecule has 0 unspecified atom stereocenters. The van der Waals surface area contributed by atoms with E-state index in [1.54, 1.807) is 0 Å². The Balaban J connectivity index is 2.47. The monoisotopic (exact) mass is 256 g/mol. The Morgan fingerprint density at radius 1 is 0.684 bits per heavy atom. The second-order valence-corrected chi connectivity index (χ2v) is 5.36. The van der Waals surface area contributed by atoms with E-state index in [2.05, 4.69) is 0 Å². The molecule has 0 aliphatic heterocycles. The van der Waals surface area contributed by atoms with E-state index in [1.165, 1.54) is 0 Å². The minimum atomic E-state index is 0.323. The maximum absolute atomic E-state index is 10.1. The lowest BCUT2D eigenvalue weighted by Gasteiger charge is -2.12. The van der Waals surface area contributed by atoms with Gasteiger partial charge in [0.05, 0.1) is 0 Å². The van der Waals surface area contributed by atoms with Crippen molar-refractivity contribution in [2.24, 2.45) is 0 Å². The quantitative estimate of drug-likeness (QED) is 0.855. The first-order valence-electron chi connectivity index (χ1n) is 6.46. The van der Waals surface area contributed by atoms with Gasteiger partial charge >= 0.3 is 0 Å². The Morgan fingerprint density at radius 2 is 1.05 bits per heavy atom. The third-order valence-electron chi connectivity index (χ3n) is 3.43. The number of aryl methyl sites for hydroxylation is 4. The summed E-state index contributed by atoms with van der Waals surface area (Å²) < 4.78 is 0. The molecular formula is C17H20O2. The first-order chi connectivity index (χ1) is 8.88. The Labute approximate surface area is 114 Å². The van der Waals surface area contributed by atoms with E-state index in [0.717, 1.165) is 33.4 Å². The predicted octanol–water partition coefficient (Wildman–Crippen LogP) is 3.92. The molecular weight excluding hydrogens is 236 g/mol. The maximum Gasteiger partial charge on any atom is 0.122 e. The van der Waals surface area contributed by atoms with E-state index in [0.29, 0.717) is 17.9 Å². The summed E-state index contributed by atoms with van der Waals surface area (Å²) in [4.78, 5) is 0. The summed E-state index contributed by atoms with van der Waals surface area (Å²) in [5.74, 6) is 0.647. The summed E-state index contributed by atoms with van der Waals surface area (Å²) in [5.41, 5.74) is 5.71.